The number of sulfonamides is 1. The van der Waals surface area contributed by atoms with Crippen molar-refractivity contribution >= 4 is 21.9 Å². The van der Waals surface area contributed by atoms with Crippen molar-refractivity contribution < 1.29 is 32.2 Å². The van der Waals surface area contributed by atoms with E-state index in [1.165, 1.54) is 0 Å². The number of benzene rings is 1. The highest BCUT2D eigenvalue weighted by Gasteiger charge is 2.44. The van der Waals surface area contributed by atoms with Crippen molar-refractivity contribution in [2.75, 3.05) is 13.2 Å². The van der Waals surface area contributed by atoms with Crippen molar-refractivity contribution in [2.24, 2.45) is 0 Å². The number of amides is 1. The molecule has 10 heteroatoms. The molecule has 0 saturated carbocycles. The van der Waals surface area contributed by atoms with Gasteiger partial charge in [-0.05, 0) is 52.0 Å². The van der Waals surface area contributed by atoms with Crippen LogP contribution in [0.2, 0.25) is 0 Å². The minimum absolute atomic E-state index is 0.0927. The zero-order valence-electron chi connectivity index (χ0n) is 16.9. The zero-order valence-corrected chi connectivity index (χ0v) is 17.7. The molecule has 0 aliphatic carbocycles. The normalized spacial score (nSPS) is 20.3. The Morgan fingerprint density at radius 1 is 1.21 bits per heavy atom. The predicted octanol–water partition coefficient (Wildman–Crippen LogP) is 1.14. The van der Waals surface area contributed by atoms with Gasteiger partial charge in [-0.2, -0.15) is 4.31 Å². The van der Waals surface area contributed by atoms with Gasteiger partial charge in [0.2, 0.25) is 10.0 Å². The molecular weight excluding hydrogens is 403 g/mol. The molecule has 29 heavy (non-hydrogen) atoms. The molecule has 2 atom stereocenters. The summed E-state index contributed by atoms with van der Waals surface area (Å²) < 4.78 is 44.7. The molecule has 1 aliphatic heterocycles. The Balaban J connectivity index is 2.14. The van der Waals surface area contributed by atoms with E-state index in [0.29, 0.717) is 0 Å². The maximum Gasteiger partial charge on any atom is 0.325 e. The van der Waals surface area contributed by atoms with Crippen LogP contribution in [0.15, 0.2) is 29.2 Å². The maximum atomic E-state index is 13.1. The Hall–Kier alpha value is -2.04. The first-order chi connectivity index (χ1) is 13.4. The molecule has 1 amide bonds. The first-order valence-electron chi connectivity index (χ1n) is 9.38. The van der Waals surface area contributed by atoms with Gasteiger partial charge in [0.1, 0.15) is 11.9 Å². The largest absolute Gasteiger partial charge is 0.454 e. The van der Waals surface area contributed by atoms with E-state index in [2.05, 4.69) is 0 Å². The van der Waals surface area contributed by atoms with Gasteiger partial charge in [0, 0.05) is 25.0 Å². The van der Waals surface area contributed by atoms with Gasteiger partial charge in [0.05, 0.1) is 11.0 Å². The minimum Gasteiger partial charge on any atom is -0.454 e. The molecule has 1 N–H and O–H groups in total. The lowest BCUT2D eigenvalue weighted by atomic mass is 10.2. The summed E-state index contributed by atoms with van der Waals surface area (Å²) >= 11 is 0. The summed E-state index contributed by atoms with van der Waals surface area (Å²) in [5, 5.41) is 9.94. The first-order valence-corrected chi connectivity index (χ1v) is 10.8. The smallest absolute Gasteiger partial charge is 0.325 e. The SMILES string of the molecule is CC(C)N(C(=O)COC(=O)[C@@H]1C[C@H](O)CN1S(=O)(=O)c1ccc(F)cc1)C(C)C. The van der Waals surface area contributed by atoms with Gasteiger partial charge in [0.25, 0.3) is 5.91 Å². The van der Waals surface area contributed by atoms with E-state index in [1.807, 2.05) is 27.7 Å². The predicted molar refractivity (Wildman–Crippen MR) is 103 cm³/mol. The van der Waals surface area contributed by atoms with Crippen molar-refractivity contribution in [2.45, 2.75) is 63.2 Å². The summed E-state index contributed by atoms with van der Waals surface area (Å²) in [4.78, 5) is 26.3. The van der Waals surface area contributed by atoms with E-state index in [-0.39, 0.29) is 29.9 Å². The Bertz CT molecular complexity index is 833. The number of β-amino-alcohol motifs (C(OH)–C–C–N with tert-alkyl or cyclic N) is 1. The fourth-order valence-corrected chi connectivity index (χ4v) is 5.11. The number of ether oxygens (including phenoxy) is 1. The fraction of sp³-hybridized carbons (Fsp3) is 0.579. The van der Waals surface area contributed by atoms with E-state index in [9.17, 15) is 27.5 Å². The molecule has 0 bridgehead atoms. The number of aliphatic hydroxyl groups excluding tert-OH is 1. The molecule has 1 aromatic carbocycles. The van der Waals surface area contributed by atoms with Crippen molar-refractivity contribution in [3.63, 3.8) is 0 Å². The molecule has 0 aromatic heterocycles. The van der Waals surface area contributed by atoms with E-state index < -0.39 is 46.5 Å². The summed E-state index contributed by atoms with van der Waals surface area (Å²) in [5.74, 6) is -1.90. The number of carbonyl (C=O) groups excluding carboxylic acids is 2. The highest BCUT2D eigenvalue weighted by Crippen LogP contribution is 2.27. The Morgan fingerprint density at radius 2 is 1.76 bits per heavy atom. The van der Waals surface area contributed by atoms with Crippen LogP contribution in [-0.2, 0) is 24.3 Å². The van der Waals surface area contributed by atoms with Gasteiger partial charge in [0.15, 0.2) is 6.61 Å². The van der Waals surface area contributed by atoms with Crippen LogP contribution in [0, 0.1) is 5.82 Å². The van der Waals surface area contributed by atoms with Gasteiger partial charge in [-0.1, -0.05) is 0 Å². The first kappa shape index (κ1) is 23.2. The van der Waals surface area contributed by atoms with Crippen LogP contribution in [0.1, 0.15) is 34.1 Å². The average molecular weight is 430 g/mol. The molecule has 1 aromatic rings. The molecular formula is C19H27FN2O6S. The van der Waals surface area contributed by atoms with E-state index >= 15 is 0 Å². The lowest BCUT2D eigenvalue weighted by Gasteiger charge is -2.30. The highest BCUT2D eigenvalue weighted by molar-refractivity contribution is 7.89. The lowest BCUT2D eigenvalue weighted by molar-refractivity contribution is -0.156. The van der Waals surface area contributed by atoms with Gasteiger partial charge in [-0.15, -0.1) is 0 Å². The number of carbonyl (C=O) groups is 2. The number of aliphatic hydroxyl groups is 1. The molecule has 1 saturated heterocycles. The molecule has 0 radical (unpaired) electrons. The number of hydrogen-bond acceptors (Lipinski definition) is 6. The Morgan fingerprint density at radius 3 is 2.28 bits per heavy atom. The topological polar surface area (TPSA) is 104 Å². The van der Waals surface area contributed by atoms with Crippen molar-refractivity contribution in [1.82, 2.24) is 9.21 Å². The number of nitrogens with zero attached hydrogens (tertiary/aromatic N) is 2. The zero-order chi connectivity index (χ0) is 21.9. The molecule has 0 spiro atoms. The molecule has 1 aliphatic rings. The molecule has 162 valence electrons. The monoisotopic (exact) mass is 430 g/mol. The second-order valence-corrected chi connectivity index (χ2v) is 9.42. The fourth-order valence-electron chi connectivity index (χ4n) is 3.48. The highest BCUT2D eigenvalue weighted by atomic mass is 32.2. The molecule has 1 heterocycles. The van der Waals surface area contributed by atoms with Crippen LogP contribution < -0.4 is 0 Å². The summed E-state index contributed by atoms with van der Waals surface area (Å²) in [7, 11) is -4.15. The van der Waals surface area contributed by atoms with E-state index in [1.54, 1.807) is 4.90 Å². The van der Waals surface area contributed by atoms with Crippen LogP contribution in [0.3, 0.4) is 0 Å². The molecule has 8 nitrogen and oxygen atoms in total. The quantitative estimate of drug-likeness (QED) is 0.651. The number of halogens is 1. The summed E-state index contributed by atoms with van der Waals surface area (Å²) in [6.45, 7) is 6.53. The Kier molecular flexibility index (Phi) is 7.36. The number of rotatable bonds is 7. The van der Waals surface area contributed by atoms with Gasteiger partial charge in [-0.3, -0.25) is 9.59 Å². The van der Waals surface area contributed by atoms with Crippen molar-refractivity contribution in [3.05, 3.63) is 30.1 Å². The molecule has 0 unspecified atom stereocenters. The summed E-state index contributed by atoms with van der Waals surface area (Å²) in [5.41, 5.74) is 0. The third kappa shape index (κ3) is 5.31. The molecule has 2 rings (SSSR count). The number of hydrogen-bond donors (Lipinski definition) is 1. The van der Waals surface area contributed by atoms with Crippen LogP contribution in [-0.4, -0.2) is 72.0 Å². The average Bonchev–Trinajstić information content (AvgIpc) is 3.02. The van der Waals surface area contributed by atoms with Gasteiger partial charge in [-0.25, -0.2) is 12.8 Å². The van der Waals surface area contributed by atoms with Crippen LogP contribution in [0.4, 0.5) is 4.39 Å². The minimum atomic E-state index is -4.15. The van der Waals surface area contributed by atoms with Gasteiger partial charge < -0.3 is 14.7 Å². The summed E-state index contributed by atoms with van der Waals surface area (Å²) in [6, 6.07) is 2.72. The van der Waals surface area contributed by atoms with Crippen LogP contribution in [0.5, 0.6) is 0 Å². The second-order valence-electron chi connectivity index (χ2n) is 7.53. The number of esters is 1. The van der Waals surface area contributed by atoms with Gasteiger partial charge >= 0.3 is 5.97 Å². The third-order valence-corrected chi connectivity index (χ3v) is 6.55. The second kappa shape index (κ2) is 9.19. The molecule has 1 fully saturated rings. The third-order valence-electron chi connectivity index (χ3n) is 4.66. The van der Waals surface area contributed by atoms with Crippen molar-refractivity contribution in [3.8, 4) is 0 Å². The standard InChI is InChI=1S/C19H27FN2O6S/c1-12(2)22(13(3)4)18(24)11-28-19(25)17-9-15(23)10-21(17)29(26,27)16-7-5-14(20)6-8-16/h5-8,12-13,15,17,23H,9-11H2,1-4H3/t15-,17-/m0/s1. The van der Waals surface area contributed by atoms with Crippen molar-refractivity contribution in [1.29, 1.82) is 0 Å². The Labute approximate surface area is 170 Å². The summed E-state index contributed by atoms with van der Waals surface area (Å²) in [6.07, 6.45) is -1.20. The lowest BCUT2D eigenvalue weighted by Crippen LogP contribution is -2.46. The maximum absolute atomic E-state index is 13.1. The van der Waals surface area contributed by atoms with Crippen LogP contribution in [0.25, 0.3) is 0 Å². The van der Waals surface area contributed by atoms with E-state index in [0.717, 1.165) is 28.6 Å². The van der Waals surface area contributed by atoms with Crippen LogP contribution >= 0.6 is 0 Å². The van der Waals surface area contributed by atoms with E-state index in [4.69, 9.17) is 4.74 Å².